The molecule has 0 unspecified atom stereocenters. The predicted molar refractivity (Wildman–Crippen MR) is 137 cm³/mol. The van der Waals surface area contributed by atoms with Crippen LogP contribution < -0.4 is 0 Å². The largest absolute Gasteiger partial charge is 0.479 e. The number of aryl methyl sites for hydroxylation is 1. The second kappa shape index (κ2) is 10.9. The van der Waals surface area contributed by atoms with Gasteiger partial charge in [-0.15, -0.1) is 0 Å². The van der Waals surface area contributed by atoms with E-state index >= 15 is 0 Å². The highest BCUT2D eigenvalue weighted by Crippen LogP contribution is 2.22. The number of ether oxygens (including phenoxy) is 1. The lowest BCUT2D eigenvalue weighted by Crippen LogP contribution is -2.22. The molecule has 0 fully saturated rings. The molecule has 0 saturated carbocycles. The number of ketones is 1. The van der Waals surface area contributed by atoms with Crippen LogP contribution in [0.25, 0.3) is 17.0 Å². The molecule has 6 heteroatoms. The minimum Gasteiger partial charge on any atom is -0.479 e. The first-order valence-electron chi connectivity index (χ1n) is 11.6. The summed E-state index contributed by atoms with van der Waals surface area (Å²) < 4.78 is 7.22. The number of nitrogens with zero attached hydrogens (tertiary/aromatic N) is 2. The average Bonchev–Trinajstić information content (AvgIpc) is 3.23. The third-order valence-corrected chi connectivity index (χ3v) is 5.85. The van der Waals surface area contributed by atoms with E-state index in [4.69, 9.17) is 14.9 Å². The summed E-state index contributed by atoms with van der Waals surface area (Å²) in [6, 6.07) is 23.3. The molecule has 6 nitrogen and oxygen atoms in total. The third-order valence-electron chi connectivity index (χ3n) is 5.85. The lowest BCUT2D eigenvalue weighted by atomic mass is 10.0. The number of aliphatic carboxylic acids is 1. The lowest BCUT2D eigenvalue weighted by Gasteiger charge is -2.08. The molecule has 0 aliphatic carbocycles. The fourth-order valence-electron chi connectivity index (χ4n) is 3.88. The summed E-state index contributed by atoms with van der Waals surface area (Å²) in [7, 11) is 0. The van der Waals surface area contributed by atoms with Crippen molar-refractivity contribution in [1.29, 1.82) is 0 Å². The number of aromatic nitrogens is 2. The first-order valence-corrected chi connectivity index (χ1v) is 11.6. The van der Waals surface area contributed by atoms with Crippen molar-refractivity contribution in [2.75, 3.05) is 6.61 Å². The summed E-state index contributed by atoms with van der Waals surface area (Å²) in [6.07, 6.45) is 3.36. The van der Waals surface area contributed by atoms with Crippen LogP contribution in [0.2, 0.25) is 0 Å². The molecule has 1 aromatic heterocycles. The molecule has 0 amide bonds. The van der Waals surface area contributed by atoms with Gasteiger partial charge >= 0.3 is 5.97 Å². The van der Waals surface area contributed by atoms with E-state index < -0.39 is 12.1 Å². The number of para-hydroxylation sites is 1. The normalized spacial score (nSPS) is 12.3. The molecule has 0 aliphatic heterocycles. The van der Waals surface area contributed by atoms with Crippen LogP contribution >= 0.6 is 0 Å². The van der Waals surface area contributed by atoms with Crippen molar-refractivity contribution in [2.45, 2.75) is 32.9 Å². The molecule has 0 bridgehead atoms. The number of benzene rings is 3. The van der Waals surface area contributed by atoms with Crippen molar-refractivity contribution >= 4 is 28.7 Å². The van der Waals surface area contributed by atoms with E-state index in [1.165, 1.54) is 0 Å². The van der Waals surface area contributed by atoms with E-state index in [1.54, 1.807) is 6.92 Å². The van der Waals surface area contributed by atoms with E-state index in [2.05, 4.69) is 0 Å². The lowest BCUT2D eigenvalue weighted by molar-refractivity contribution is -0.149. The molecule has 4 aromatic rings. The standard InChI is InChI=1S/C29H28N2O4/c1-3-26(29(33)34)35-18-6-7-21-12-14-22(15-13-21)19-31-25-9-5-4-8-24(25)27(30-31)28(32)23-16-10-20(2)11-17-23/h4-17,26H,3,18-19H2,1-2H3,(H,33,34)/b7-6+/t26-/m1/s1. The molecule has 0 radical (unpaired) electrons. The summed E-state index contributed by atoms with van der Waals surface area (Å²) in [5.74, 6) is -1.03. The van der Waals surface area contributed by atoms with Gasteiger partial charge in [0.05, 0.1) is 18.7 Å². The first kappa shape index (κ1) is 24.1. The van der Waals surface area contributed by atoms with Crippen LogP contribution in [0.15, 0.2) is 78.9 Å². The maximum atomic E-state index is 13.2. The molecule has 0 saturated heterocycles. The number of hydrogen-bond donors (Lipinski definition) is 1. The average molecular weight is 469 g/mol. The van der Waals surface area contributed by atoms with Crippen molar-refractivity contribution in [2.24, 2.45) is 0 Å². The zero-order valence-electron chi connectivity index (χ0n) is 19.8. The molecule has 4 rings (SSSR count). The maximum absolute atomic E-state index is 13.2. The van der Waals surface area contributed by atoms with E-state index in [0.29, 0.717) is 24.2 Å². The van der Waals surface area contributed by atoms with Crippen LogP contribution in [0, 0.1) is 6.92 Å². The molecule has 3 aromatic carbocycles. The van der Waals surface area contributed by atoms with Crippen molar-refractivity contribution in [3.05, 3.63) is 107 Å². The summed E-state index contributed by atoms with van der Waals surface area (Å²) >= 11 is 0. The quantitative estimate of drug-likeness (QED) is 0.310. The first-order chi connectivity index (χ1) is 17.0. The Morgan fingerprint density at radius 2 is 1.74 bits per heavy atom. The SMILES string of the molecule is CC[C@@H](OC/C=C/c1ccc(Cn2nc(C(=O)c3ccc(C)cc3)c3ccccc32)cc1)C(=O)O. The van der Waals surface area contributed by atoms with Gasteiger partial charge in [0.2, 0.25) is 5.78 Å². The molecule has 1 N–H and O–H groups in total. The Hall–Kier alpha value is -4.03. The second-order valence-corrected chi connectivity index (χ2v) is 8.43. The number of rotatable bonds is 10. The summed E-state index contributed by atoms with van der Waals surface area (Å²) in [6.45, 7) is 4.55. The van der Waals surface area contributed by atoms with Gasteiger partial charge in [-0.2, -0.15) is 5.10 Å². The highest BCUT2D eigenvalue weighted by molar-refractivity contribution is 6.14. The fourth-order valence-corrected chi connectivity index (χ4v) is 3.88. The Kier molecular flexibility index (Phi) is 7.53. The van der Waals surface area contributed by atoms with Crippen molar-refractivity contribution in [3.63, 3.8) is 0 Å². The Bertz CT molecular complexity index is 1350. The summed E-state index contributed by atoms with van der Waals surface area (Å²) in [5, 5.41) is 14.6. The van der Waals surface area contributed by atoms with Gasteiger partial charge in [-0.3, -0.25) is 9.48 Å². The predicted octanol–water partition coefficient (Wildman–Crippen LogP) is 5.52. The fraction of sp³-hybridized carbons (Fsp3) is 0.207. The number of carbonyl (C=O) groups is 2. The van der Waals surface area contributed by atoms with Crippen molar-refractivity contribution in [1.82, 2.24) is 9.78 Å². The van der Waals surface area contributed by atoms with Crippen LogP contribution in [-0.2, 0) is 16.1 Å². The molecular formula is C29H28N2O4. The molecule has 1 heterocycles. The second-order valence-electron chi connectivity index (χ2n) is 8.43. The topological polar surface area (TPSA) is 81.4 Å². The van der Waals surface area contributed by atoms with Gasteiger partial charge in [-0.05, 0) is 30.5 Å². The van der Waals surface area contributed by atoms with Gasteiger partial charge in [0, 0.05) is 10.9 Å². The molecule has 178 valence electrons. The van der Waals surface area contributed by atoms with Gasteiger partial charge in [-0.25, -0.2) is 4.79 Å². The van der Waals surface area contributed by atoms with Crippen LogP contribution in [0.3, 0.4) is 0 Å². The Balaban J connectivity index is 1.49. The number of carboxylic acid groups (broad SMARTS) is 1. The van der Waals surface area contributed by atoms with Crippen LogP contribution in [0.1, 0.15) is 46.1 Å². The Morgan fingerprint density at radius 3 is 2.43 bits per heavy atom. The highest BCUT2D eigenvalue weighted by atomic mass is 16.5. The van der Waals surface area contributed by atoms with E-state index in [1.807, 2.05) is 96.6 Å². The third kappa shape index (κ3) is 5.73. The molecular weight excluding hydrogens is 440 g/mol. The summed E-state index contributed by atoms with van der Waals surface area (Å²) in [5.41, 5.74) is 5.14. The molecule has 1 atom stereocenters. The number of carbonyl (C=O) groups excluding carboxylic acids is 1. The van der Waals surface area contributed by atoms with Crippen LogP contribution in [0.5, 0.6) is 0 Å². The van der Waals surface area contributed by atoms with Gasteiger partial charge in [0.25, 0.3) is 0 Å². The van der Waals surface area contributed by atoms with Gasteiger partial charge in [-0.1, -0.05) is 91.4 Å². The Morgan fingerprint density at radius 1 is 1.03 bits per heavy atom. The monoisotopic (exact) mass is 468 g/mol. The number of carboxylic acids is 1. The van der Waals surface area contributed by atoms with Crippen LogP contribution in [0.4, 0.5) is 0 Å². The van der Waals surface area contributed by atoms with E-state index in [-0.39, 0.29) is 12.4 Å². The van der Waals surface area contributed by atoms with Crippen molar-refractivity contribution in [3.8, 4) is 0 Å². The van der Waals surface area contributed by atoms with Crippen LogP contribution in [-0.4, -0.2) is 39.4 Å². The molecule has 35 heavy (non-hydrogen) atoms. The smallest absolute Gasteiger partial charge is 0.332 e. The highest BCUT2D eigenvalue weighted by Gasteiger charge is 2.18. The van der Waals surface area contributed by atoms with Gasteiger partial charge in [0.15, 0.2) is 6.10 Å². The number of hydrogen-bond acceptors (Lipinski definition) is 4. The molecule has 0 aliphatic rings. The zero-order valence-corrected chi connectivity index (χ0v) is 19.8. The van der Waals surface area contributed by atoms with E-state index in [9.17, 15) is 9.59 Å². The Labute approximate surface area is 204 Å². The summed E-state index contributed by atoms with van der Waals surface area (Å²) in [4.78, 5) is 24.2. The van der Waals surface area contributed by atoms with Gasteiger partial charge < -0.3 is 9.84 Å². The minimum absolute atomic E-state index is 0.0872. The zero-order chi connectivity index (χ0) is 24.8. The molecule has 0 spiro atoms. The van der Waals surface area contributed by atoms with Crippen molar-refractivity contribution < 1.29 is 19.4 Å². The number of fused-ring (bicyclic) bond motifs is 1. The maximum Gasteiger partial charge on any atom is 0.332 e. The minimum atomic E-state index is -0.944. The van der Waals surface area contributed by atoms with E-state index in [0.717, 1.165) is 27.6 Å². The van der Waals surface area contributed by atoms with Gasteiger partial charge in [0.1, 0.15) is 5.69 Å².